The van der Waals surface area contributed by atoms with Crippen molar-refractivity contribution in [3.63, 3.8) is 0 Å². The lowest BCUT2D eigenvalue weighted by Crippen LogP contribution is -2.37. The highest BCUT2D eigenvalue weighted by Gasteiger charge is 2.37. The summed E-state index contributed by atoms with van der Waals surface area (Å²) in [4.78, 5) is 8.97. The number of aliphatic imine (C=N–C) groups is 1. The third-order valence-electron chi connectivity index (χ3n) is 6.07. The molecule has 0 bridgehead atoms. The largest absolute Gasteiger partial charge is 0.493 e. The van der Waals surface area contributed by atoms with E-state index in [-0.39, 0.29) is 0 Å². The first kappa shape index (κ1) is 22.9. The van der Waals surface area contributed by atoms with Crippen molar-refractivity contribution in [3.05, 3.63) is 47.0 Å². The third kappa shape index (κ3) is 4.86. The summed E-state index contributed by atoms with van der Waals surface area (Å²) >= 11 is 6.20. The van der Waals surface area contributed by atoms with Gasteiger partial charge in [0.05, 0.1) is 25.9 Å². The van der Waals surface area contributed by atoms with Crippen LogP contribution < -0.4 is 14.4 Å². The Labute approximate surface area is 194 Å². The van der Waals surface area contributed by atoms with E-state index < -0.39 is 5.79 Å². The van der Waals surface area contributed by atoms with E-state index >= 15 is 0 Å². The molecule has 0 unspecified atom stereocenters. The maximum absolute atomic E-state index is 6.20. The molecule has 4 rings (SSSR count). The standard InChI is InChI=1S/C24H30ClN3O4/c1-29-22-14-21-18(15-26-17-28(21)20-7-4-6-19(25)13-20)12-23(22)32-11-5-9-27-10-8-24(16-27,30-2)31-3/h4,6-7,12-15H,5,8-11,16-17H2,1-3H3. The molecule has 2 aromatic rings. The highest BCUT2D eigenvalue weighted by Crippen LogP contribution is 2.39. The zero-order chi connectivity index (χ0) is 22.6. The summed E-state index contributed by atoms with van der Waals surface area (Å²) in [5.41, 5.74) is 2.98. The van der Waals surface area contributed by atoms with Crippen molar-refractivity contribution in [3.8, 4) is 11.5 Å². The summed E-state index contributed by atoms with van der Waals surface area (Å²) in [6, 6.07) is 11.8. The summed E-state index contributed by atoms with van der Waals surface area (Å²) in [6.07, 6.45) is 3.65. The maximum atomic E-state index is 6.20. The Balaban J connectivity index is 1.41. The SMILES string of the molecule is COc1cc2c(cc1OCCCN1CCC(OC)(OC)C1)C=NCN2c1cccc(Cl)c1. The molecule has 2 aliphatic rings. The van der Waals surface area contributed by atoms with Gasteiger partial charge in [-0.25, -0.2) is 0 Å². The summed E-state index contributed by atoms with van der Waals surface area (Å²) < 4.78 is 22.8. The molecule has 0 saturated carbocycles. The van der Waals surface area contributed by atoms with Crippen molar-refractivity contribution in [1.82, 2.24) is 4.90 Å². The lowest BCUT2D eigenvalue weighted by atomic mass is 10.1. The van der Waals surface area contributed by atoms with Gasteiger partial charge in [0.15, 0.2) is 17.3 Å². The van der Waals surface area contributed by atoms with Crippen LogP contribution in [-0.4, -0.2) is 71.1 Å². The molecule has 2 aliphatic heterocycles. The molecular weight excluding hydrogens is 430 g/mol. The first-order valence-electron chi connectivity index (χ1n) is 10.8. The molecule has 2 heterocycles. The van der Waals surface area contributed by atoms with Crippen LogP contribution in [0.25, 0.3) is 0 Å². The van der Waals surface area contributed by atoms with Crippen LogP contribution in [0.15, 0.2) is 41.4 Å². The normalized spacial score (nSPS) is 17.4. The Kier molecular flexibility index (Phi) is 7.20. The summed E-state index contributed by atoms with van der Waals surface area (Å²) in [6.45, 7) is 3.77. The van der Waals surface area contributed by atoms with Crippen LogP contribution in [0.4, 0.5) is 11.4 Å². The van der Waals surface area contributed by atoms with Crippen LogP contribution in [0.5, 0.6) is 11.5 Å². The molecule has 0 aromatic heterocycles. The van der Waals surface area contributed by atoms with E-state index in [4.69, 9.17) is 30.5 Å². The minimum atomic E-state index is -0.475. The fraction of sp³-hybridized carbons (Fsp3) is 0.458. The van der Waals surface area contributed by atoms with Gasteiger partial charge in [-0.3, -0.25) is 9.89 Å². The molecule has 0 amide bonds. The second-order valence-electron chi connectivity index (χ2n) is 7.97. The van der Waals surface area contributed by atoms with Crippen molar-refractivity contribution >= 4 is 29.2 Å². The number of hydrogen-bond donors (Lipinski definition) is 0. The lowest BCUT2D eigenvalue weighted by Gasteiger charge is -2.28. The van der Waals surface area contributed by atoms with E-state index in [1.165, 1.54) is 0 Å². The molecule has 0 atom stereocenters. The maximum Gasteiger partial charge on any atom is 0.181 e. The highest BCUT2D eigenvalue weighted by atomic mass is 35.5. The molecule has 0 radical (unpaired) electrons. The topological polar surface area (TPSA) is 55.8 Å². The summed E-state index contributed by atoms with van der Waals surface area (Å²) in [5, 5.41) is 0.691. The van der Waals surface area contributed by atoms with Gasteiger partial charge in [0.2, 0.25) is 0 Å². The van der Waals surface area contributed by atoms with Crippen molar-refractivity contribution in [2.45, 2.75) is 18.6 Å². The van der Waals surface area contributed by atoms with Gasteiger partial charge >= 0.3 is 0 Å². The quantitative estimate of drug-likeness (QED) is 0.410. The first-order chi connectivity index (χ1) is 15.6. The zero-order valence-electron chi connectivity index (χ0n) is 18.8. The van der Waals surface area contributed by atoms with Gasteiger partial charge < -0.3 is 23.8 Å². The smallest absolute Gasteiger partial charge is 0.181 e. The summed E-state index contributed by atoms with van der Waals surface area (Å²) in [7, 11) is 5.07. The van der Waals surface area contributed by atoms with Crippen LogP contribution in [0, 0.1) is 0 Å². The Hall–Kier alpha value is -2.32. The average Bonchev–Trinajstić information content (AvgIpc) is 3.25. The zero-order valence-corrected chi connectivity index (χ0v) is 19.6. The van der Waals surface area contributed by atoms with E-state index in [9.17, 15) is 0 Å². The van der Waals surface area contributed by atoms with Crippen molar-refractivity contribution in [1.29, 1.82) is 0 Å². The average molecular weight is 460 g/mol. The first-order valence-corrected chi connectivity index (χ1v) is 11.2. The number of nitrogens with zero attached hydrogens (tertiary/aromatic N) is 3. The monoisotopic (exact) mass is 459 g/mol. The number of rotatable bonds is 9. The number of anilines is 2. The number of ether oxygens (including phenoxy) is 4. The van der Waals surface area contributed by atoms with Gasteiger partial charge in [-0.1, -0.05) is 17.7 Å². The van der Waals surface area contributed by atoms with Gasteiger partial charge in [-0.05, 0) is 30.7 Å². The highest BCUT2D eigenvalue weighted by molar-refractivity contribution is 6.30. The molecule has 32 heavy (non-hydrogen) atoms. The lowest BCUT2D eigenvalue weighted by molar-refractivity contribution is -0.195. The molecule has 0 aliphatic carbocycles. The van der Waals surface area contributed by atoms with Gasteiger partial charge in [-0.15, -0.1) is 0 Å². The minimum Gasteiger partial charge on any atom is -0.493 e. The van der Waals surface area contributed by atoms with Crippen molar-refractivity contribution < 1.29 is 18.9 Å². The van der Waals surface area contributed by atoms with Gasteiger partial charge in [0.1, 0.15) is 6.67 Å². The fourth-order valence-corrected chi connectivity index (χ4v) is 4.43. The van der Waals surface area contributed by atoms with Gasteiger partial charge in [0, 0.05) is 62.3 Å². The number of methoxy groups -OCH3 is 3. The predicted octanol–water partition coefficient (Wildman–Crippen LogP) is 4.34. The summed E-state index contributed by atoms with van der Waals surface area (Å²) in [5.74, 6) is 0.941. The number of halogens is 1. The Bertz CT molecular complexity index is 964. The number of hydrogen-bond acceptors (Lipinski definition) is 7. The molecule has 172 valence electrons. The second kappa shape index (κ2) is 10.1. The Morgan fingerprint density at radius 3 is 2.66 bits per heavy atom. The van der Waals surface area contributed by atoms with Gasteiger partial charge in [0.25, 0.3) is 0 Å². The van der Waals surface area contributed by atoms with Crippen LogP contribution in [-0.2, 0) is 9.47 Å². The molecule has 1 fully saturated rings. The molecule has 0 N–H and O–H groups in total. The second-order valence-corrected chi connectivity index (χ2v) is 8.41. The molecule has 0 spiro atoms. The molecule has 2 aromatic carbocycles. The Morgan fingerprint density at radius 2 is 1.94 bits per heavy atom. The molecule has 7 nitrogen and oxygen atoms in total. The number of benzene rings is 2. The Morgan fingerprint density at radius 1 is 1.09 bits per heavy atom. The van der Waals surface area contributed by atoms with Crippen LogP contribution in [0.1, 0.15) is 18.4 Å². The number of likely N-dealkylation sites (tertiary alicyclic amines) is 1. The van der Waals surface area contributed by atoms with E-state index in [0.717, 1.165) is 55.2 Å². The van der Waals surface area contributed by atoms with Crippen LogP contribution in [0.3, 0.4) is 0 Å². The van der Waals surface area contributed by atoms with Crippen LogP contribution >= 0.6 is 11.6 Å². The molecule has 8 heteroatoms. The fourth-order valence-electron chi connectivity index (χ4n) is 4.24. The van der Waals surface area contributed by atoms with E-state index in [2.05, 4.69) is 14.8 Å². The predicted molar refractivity (Wildman–Crippen MR) is 127 cm³/mol. The number of fused-ring (bicyclic) bond motifs is 1. The third-order valence-corrected chi connectivity index (χ3v) is 6.31. The molecule has 1 saturated heterocycles. The van der Waals surface area contributed by atoms with Gasteiger partial charge in [-0.2, -0.15) is 0 Å². The van der Waals surface area contributed by atoms with Crippen molar-refractivity contribution in [2.75, 3.05) is 59.1 Å². The van der Waals surface area contributed by atoms with E-state index in [1.807, 2.05) is 42.6 Å². The van der Waals surface area contributed by atoms with E-state index in [0.29, 0.717) is 24.0 Å². The van der Waals surface area contributed by atoms with Crippen LogP contribution in [0.2, 0.25) is 5.02 Å². The minimum absolute atomic E-state index is 0.475. The molecular formula is C24H30ClN3O4. The van der Waals surface area contributed by atoms with Crippen molar-refractivity contribution in [2.24, 2.45) is 4.99 Å². The van der Waals surface area contributed by atoms with E-state index in [1.54, 1.807) is 21.3 Å².